The molecule has 3 aliphatic heterocycles. The summed E-state index contributed by atoms with van der Waals surface area (Å²) in [6.45, 7) is 8.87. The summed E-state index contributed by atoms with van der Waals surface area (Å²) in [5, 5.41) is 5.25. The quantitative estimate of drug-likeness (QED) is 0.566. The second-order valence-corrected chi connectivity index (χ2v) is 10.1. The monoisotopic (exact) mass is 532 g/mol. The number of hydrogen-bond donors (Lipinski definition) is 2. The highest BCUT2D eigenvalue weighted by molar-refractivity contribution is 5.97. The Labute approximate surface area is 220 Å². The first-order valence-electron chi connectivity index (χ1n) is 12.7. The molecule has 3 fully saturated rings. The van der Waals surface area contributed by atoms with Gasteiger partial charge in [-0.1, -0.05) is 13.0 Å². The van der Waals surface area contributed by atoms with Crippen LogP contribution >= 0.6 is 0 Å². The molecule has 3 saturated heterocycles. The lowest BCUT2D eigenvalue weighted by atomic mass is 9.78. The molecule has 2 amide bonds. The molecule has 11 heteroatoms. The van der Waals surface area contributed by atoms with Gasteiger partial charge in [0.2, 0.25) is 5.82 Å². The van der Waals surface area contributed by atoms with Crippen LogP contribution in [0.3, 0.4) is 0 Å². The van der Waals surface area contributed by atoms with Crippen molar-refractivity contribution in [2.45, 2.75) is 32.5 Å². The average molecular weight is 533 g/mol. The first-order valence-corrected chi connectivity index (χ1v) is 12.7. The Morgan fingerprint density at radius 3 is 2.61 bits per heavy atom. The SMILES string of the molecule is CNC(=O)c1cc(NC(=O)C2C[C@H](C)C(C)O2)ccn1.Fc1cccc(OCCN2CC3(COC3)C2)c1F. The molecule has 1 aromatic carbocycles. The number of nitrogens with zero attached hydrogens (tertiary/aromatic N) is 2. The zero-order valence-electron chi connectivity index (χ0n) is 21.8. The van der Waals surface area contributed by atoms with Crippen LogP contribution in [0.1, 0.15) is 30.8 Å². The van der Waals surface area contributed by atoms with Crippen LogP contribution in [0.5, 0.6) is 5.75 Å². The molecule has 0 radical (unpaired) electrons. The molecule has 2 unspecified atom stereocenters. The topological polar surface area (TPSA) is 102 Å². The number of rotatable bonds is 7. The molecule has 4 heterocycles. The molecular formula is C27H34F2N4O5. The highest BCUT2D eigenvalue weighted by atomic mass is 19.2. The molecule has 1 aromatic heterocycles. The Morgan fingerprint density at radius 2 is 1.97 bits per heavy atom. The largest absolute Gasteiger partial charge is 0.489 e. The zero-order chi connectivity index (χ0) is 27.3. The van der Waals surface area contributed by atoms with Crippen molar-refractivity contribution in [2.75, 3.05) is 51.8 Å². The molecule has 9 nitrogen and oxygen atoms in total. The van der Waals surface area contributed by atoms with Crippen molar-refractivity contribution in [2.24, 2.45) is 11.3 Å². The maximum absolute atomic E-state index is 13.3. The third-order valence-corrected chi connectivity index (χ3v) is 7.06. The smallest absolute Gasteiger partial charge is 0.269 e. The number of pyridine rings is 1. The van der Waals surface area contributed by atoms with E-state index in [0.717, 1.165) is 38.9 Å². The summed E-state index contributed by atoms with van der Waals surface area (Å²) in [6, 6.07) is 7.15. The molecule has 206 valence electrons. The number of hydrogen-bond acceptors (Lipinski definition) is 7. The molecule has 0 bridgehead atoms. The van der Waals surface area contributed by atoms with Crippen molar-refractivity contribution < 1.29 is 32.6 Å². The van der Waals surface area contributed by atoms with Crippen LogP contribution in [-0.4, -0.2) is 80.4 Å². The maximum Gasteiger partial charge on any atom is 0.269 e. The number of carbonyl (C=O) groups is 2. The molecule has 38 heavy (non-hydrogen) atoms. The number of amides is 2. The fourth-order valence-corrected chi connectivity index (χ4v) is 4.64. The summed E-state index contributed by atoms with van der Waals surface area (Å²) in [5.74, 6) is -1.91. The number of halogens is 2. The molecule has 1 spiro atoms. The fourth-order valence-electron chi connectivity index (χ4n) is 4.64. The Hall–Kier alpha value is -3.15. The maximum atomic E-state index is 13.3. The summed E-state index contributed by atoms with van der Waals surface area (Å²) >= 11 is 0. The number of likely N-dealkylation sites (tertiary alicyclic amines) is 1. The van der Waals surface area contributed by atoms with Gasteiger partial charge in [-0.3, -0.25) is 19.5 Å². The van der Waals surface area contributed by atoms with Crippen LogP contribution in [0.15, 0.2) is 36.5 Å². The third-order valence-electron chi connectivity index (χ3n) is 7.06. The van der Waals surface area contributed by atoms with Crippen LogP contribution in [0.4, 0.5) is 14.5 Å². The minimum atomic E-state index is -0.912. The highest BCUT2D eigenvalue weighted by Crippen LogP contribution is 2.37. The first-order chi connectivity index (χ1) is 18.2. The predicted octanol–water partition coefficient (Wildman–Crippen LogP) is 2.87. The van der Waals surface area contributed by atoms with Gasteiger partial charge in [0, 0.05) is 44.0 Å². The van der Waals surface area contributed by atoms with Crippen LogP contribution < -0.4 is 15.4 Å². The van der Waals surface area contributed by atoms with Gasteiger partial charge in [-0.2, -0.15) is 4.39 Å². The lowest BCUT2D eigenvalue weighted by molar-refractivity contribution is -0.189. The summed E-state index contributed by atoms with van der Waals surface area (Å²) in [4.78, 5) is 29.8. The second-order valence-electron chi connectivity index (χ2n) is 10.1. The van der Waals surface area contributed by atoms with E-state index in [9.17, 15) is 18.4 Å². The van der Waals surface area contributed by atoms with Crippen LogP contribution in [0, 0.1) is 23.0 Å². The molecule has 2 aromatic rings. The molecule has 5 rings (SSSR count). The molecule has 2 N–H and O–H groups in total. The van der Waals surface area contributed by atoms with Crippen molar-refractivity contribution in [3.63, 3.8) is 0 Å². The minimum Gasteiger partial charge on any atom is -0.489 e. The van der Waals surface area contributed by atoms with E-state index < -0.39 is 17.7 Å². The van der Waals surface area contributed by atoms with Gasteiger partial charge in [0.15, 0.2) is 11.6 Å². The van der Waals surface area contributed by atoms with Gasteiger partial charge in [0.1, 0.15) is 18.4 Å². The van der Waals surface area contributed by atoms with E-state index in [1.54, 1.807) is 12.1 Å². The second kappa shape index (κ2) is 12.1. The van der Waals surface area contributed by atoms with E-state index in [0.29, 0.717) is 30.0 Å². The van der Waals surface area contributed by atoms with Gasteiger partial charge in [-0.05, 0) is 43.5 Å². The van der Waals surface area contributed by atoms with Gasteiger partial charge in [-0.25, -0.2) is 4.39 Å². The third kappa shape index (κ3) is 6.64. The standard InChI is InChI=1S/C14H19N3O3.C13H15F2NO2/c1-8-6-12(20-9(8)2)14(19)17-10-4-5-16-11(7-10)13(18)15-3;14-10-2-1-3-11(12(10)15)18-5-4-16-6-13(7-16)8-17-9-13/h4-5,7-9,12H,6H2,1-3H3,(H,15,18)(H,16,17,19);1-3H,4-9H2/t8-,9?,12?;/m0./s1. The van der Waals surface area contributed by atoms with Gasteiger partial charge in [-0.15, -0.1) is 0 Å². The summed E-state index contributed by atoms with van der Waals surface area (Å²) in [5.41, 5.74) is 1.18. The Kier molecular flexibility index (Phi) is 8.91. The molecule has 0 saturated carbocycles. The predicted molar refractivity (Wildman–Crippen MR) is 136 cm³/mol. The summed E-state index contributed by atoms with van der Waals surface area (Å²) < 4.78 is 42.2. The van der Waals surface area contributed by atoms with E-state index >= 15 is 0 Å². The minimum absolute atomic E-state index is 0.0165. The van der Waals surface area contributed by atoms with Gasteiger partial charge in [0.25, 0.3) is 11.8 Å². The summed E-state index contributed by atoms with van der Waals surface area (Å²) in [7, 11) is 1.53. The average Bonchev–Trinajstić information content (AvgIpc) is 3.20. The number of ether oxygens (including phenoxy) is 3. The molecular weight excluding hydrogens is 498 g/mol. The van der Waals surface area contributed by atoms with E-state index in [4.69, 9.17) is 14.2 Å². The molecule has 0 aliphatic carbocycles. The number of anilines is 1. The lowest BCUT2D eigenvalue weighted by Gasteiger charge is -2.55. The lowest BCUT2D eigenvalue weighted by Crippen LogP contribution is -2.66. The van der Waals surface area contributed by atoms with Crippen molar-refractivity contribution in [3.8, 4) is 5.75 Å². The van der Waals surface area contributed by atoms with Gasteiger partial charge < -0.3 is 24.8 Å². The van der Waals surface area contributed by atoms with Gasteiger partial charge >= 0.3 is 0 Å². The van der Waals surface area contributed by atoms with E-state index in [1.165, 1.54) is 25.4 Å². The van der Waals surface area contributed by atoms with Crippen molar-refractivity contribution in [1.82, 2.24) is 15.2 Å². The number of nitrogens with one attached hydrogen (secondary N) is 2. The zero-order valence-corrected chi connectivity index (χ0v) is 21.8. The molecule has 3 atom stereocenters. The number of carbonyl (C=O) groups excluding carboxylic acids is 2. The van der Waals surface area contributed by atoms with Crippen molar-refractivity contribution >= 4 is 17.5 Å². The molecule has 3 aliphatic rings. The van der Waals surface area contributed by atoms with Gasteiger partial charge in [0.05, 0.1) is 19.3 Å². The van der Waals surface area contributed by atoms with Crippen LogP contribution in [-0.2, 0) is 14.3 Å². The van der Waals surface area contributed by atoms with Crippen molar-refractivity contribution in [1.29, 1.82) is 0 Å². The van der Waals surface area contributed by atoms with Crippen molar-refractivity contribution in [3.05, 3.63) is 53.9 Å². The highest BCUT2D eigenvalue weighted by Gasteiger charge is 2.48. The van der Waals surface area contributed by atoms with Crippen LogP contribution in [0.25, 0.3) is 0 Å². The normalized spacial score (nSPS) is 23.4. The van der Waals surface area contributed by atoms with E-state index in [-0.39, 0.29) is 29.4 Å². The Bertz CT molecular complexity index is 1130. The Morgan fingerprint density at radius 1 is 1.21 bits per heavy atom. The first kappa shape index (κ1) is 27.9. The summed E-state index contributed by atoms with van der Waals surface area (Å²) in [6.07, 6.45) is 1.85. The Balaban J connectivity index is 0.000000178. The fraction of sp³-hybridized carbons (Fsp3) is 0.519. The van der Waals surface area contributed by atoms with E-state index in [1.807, 2.05) is 6.92 Å². The van der Waals surface area contributed by atoms with Crippen LogP contribution in [0.2, 0.25) is 0 Å². The number of benzene rings is 1. The van der Waals surface area contributed by atoms with E-state index in [2.05, 4.69) is 27.4 Å². The number of aromatic nitrogens is 1.